The van der Waals surface area contributed by atoms with E-state index in [9.17, 15) is 0 Å². The topological polar surface area (TPSA) is 12.0 Å². The zero-order chi connectivity index (χ0) is 10.0. The van der Waals surface area contributed by atoms with Crippen LogP contribution in [0, 0.1) is 11.3 Å². The van der Waals surface area contributed by atoms with Gasteiger partial charge in [-0.3, -0.25) is 0 Å². The van der Waals surface area contributed by atoms with Gasteiger partial charge < -0.3 is 5.32 Å². The molecule has 1 saturated carbocycles. The molecule has 1 aliphatic carbocycles. The average molecular weight is 213 g/mol. The van der Waals surface area contributed by atoms with E-state index in [2.05, 4.69) is 30.9 Å². The van der Waals surface area contributed by atoms with Gasteiger partial charge in [0.1, 0.15) is 0 Å². The highest BCUT2D eigenvalue weighted by Crippen LogP contribution is 2.40. The number of nitrogens with one attached hydrogen (secondary N) is 1. The molecule has 0 amide bonds. The van der Waals surface area contributed by atoms with Crippen molar-refractivity contribution >= 4 is 11.8 Å². The molecular formula is C12H23NS. The summed E-state index contributed by atoms with van der Waals surface area (Å²) >= 11 is 2.12. The first-order valence-electron chi connectivity index (χ1n) is 5.99. The second-order valence-electron chi connectivity index (χ2n) is 5.54. The molecule has 2 aliphatic rings. The fraction of sp³-hybridized carbons (Fsp3) is 1.00. The van der Waals surface area contributed by atoms with Gasteiger partial charge in [-0.05, 0) is 55.1 Å². The smallest absolute Gasteiger partial charge is 0.0119 e. The van der Waals surface area contributed by atoms with E-state index in [-0.39, 0.29) is 0 Å². The van der Waals surface area contributed by atoms with Crippen molar-refractivity contribution < 1.29 is 0 Å². The normalized spacial score (nSPS) is 32.6. The first-order valence-corrected chi connectivity index (χ1v) is 7.15. The first kappa shape index (κ1) is 10.8. The Morgan fingerprint density at radius 1 is 1.21 bits per heavy atom. The average Bonchev–Trinajstić information content (AvgIpc) is 2.18. The van der Waals surface area contributed by atoms with Crippen molar-refractivity contribution in [3.8, 4) is 0 Å². The Hall–Kier alpha value is 0.310. The number of rotatable bonds is 3. The van der Waals surface area contributed by atoms with E-state index >= 15 is 0 Å². The molecule has 1 saturated heterocycles. The van der Waals surface area contributed by atoms with Crippen molar-refractivity contribution in [1.29, 1.82) is 0 Å². The van der Waals surface area contributed by atoms with Crippen molar-refractivity contribution in [3.63, 3.8) is 0 Å². The zero-order valence-corrected chi connectivity index (χ0v) is 10.3. The highest BCUT2D eigenvalue weighted by atomic mass is 32.2. The van der Waals surface area contributed by atoms with Gasteiger partial charge >= 0.3 is 0 Å². The second kappa shape index (κ2) is 4.44. The third kappa shape index (κ3) is 2.46. The van der Waals surface area contributed by atoms with Crippen LogP contribution in [0.1, 0.15) is 39.5 Å². The molecule has 2 heteroatoms. The Labute approximate surface area is 92.4 Å². The molecule has 1 aliphatic heterocycles. The fourth-order valence-electron chi connectivity index (χ4n) is 2.50. The van der Waals surface area contributed by atoms with E-state index < -0.39 is 0 Å². The van der Waals surface area contributed by atoms with Crippen molar-refractivity contribution in [3.05, 3.63) is 0 Å². The summed E-state index contributed by atoms with van der Waals surface area (Å²) in [6.07, 6.45) is 5.68. The van der Waals surface area contributed by atoms with Crippen molar-refractivity contribution in [1.82, 2.24) is 5.32 Å². The Bertz CT molecular complexity index is 185. The van der Waals surface area contributed by atoms with Crippen LogP contribution in [-0.4, -0.2) is 24.1 Å². The summed E-state index contributed by atoms with van der Waals surface area (Å²) in [6.45, 7) is 6.06. The Kier molecular flexibility index (Phi) is 3.43. The van der Waals surface area contributed by atoms with Gasteiger partial charge in [0.05, 0.1) is 0 Å². The van der Waals surface area contributed by atoms with Gasteiger partial charge in [0.2, 0.25) is 0 Å². The molecule has 2 fully saturated rings. The molecule has 1 heterocycles. The van der Waals surface area contributed by atoms with E-state index in [1.807, 2.05) is 0 Å². The molecular weight excluding hydrogens is 190 g/mol. The number of hydrogen-bond donors (Lipinski definition) is 1. The standard InChI is InChI=1S/C12H23NS/c1-12(2)6-3-11(12)13-9-10-4-7-14-8-5-10/h10-11,13H,3-9H2,1-2H3. The zero-order valence-electron chi connectivity index (χ0n) is 9.51. The number of thioether (sulfide) groups is 1. The van der Waals surface area contributed by atoms with Crippen molar-refractivity contribution in [2.75, 3.05) is 18.1 Å². The molecule has 14 heavy (non-hydrogen) atoms. The predicted octanol–water partition coefficient (Wildman–Crippen LogP) is 2.91. The van der Waals surface area contributed by atoms with Crippen LogP contribution in [0.15, 0.2) is 0 Å². The summed E-state index contributed by atoms with van der Waals surface area (Å²) in [5.74, 6) is 3.74. The SMILES string of the molecule is CC1(C)CCC1NCC1CCSCC1. The van der Waals surface area contributed by atoms with Gasteiger partial charge in [-0.15, -0.1) is 0 Å². The largest absolute Gasteiger partial charge is 0.313 e. The van der Waals surface area contributed by atoms with Crippen molar-refractivity contribution in [2.45, 2.75) is 45.6 Å². The maximum atomic E-state index is 3.77. The minimum absolute atomic E-state index is 0.573. The lowest BCUT2D eigenvalue weighted by molar-refractivity contribution is 0.104. The molecule has 0 radical (unpaired) electrons. The molecule has 1 N–H and O–H groups in total. The lowest BCUT2D eigenvalue weighted by atomic mass is 9.67. The molecule has 2 rings (SSSR count). The third-order valence-corrected chi connectivity index (χ3v) is 5.06. The van der Waals surface area contributed by atoms with Crippen LogP contribution in [0.4, 0.5) is 0 Å². The summed E-state index contributed by atoms with van der Waals surface area (Å²) in [5.41, 5.74) is 0.573. The van der Waals surface area contributed by atoms with Crippen LogP contribution in [0.3, 0.4) is 0 Å². The lowest BCUT2D eigenvalue weighted by Crippen LogP contribution is -2.51. The van der Waals surface area contributed by atoms with Crippen LogP contribution < -0.4 is 5.32 Å². The lowest BCUT2D eigenvalue weighted by Gasteiger charge is -2.45. The maximum absolute atomic E-state index is 3.77. The Morgan fingerprint density at radius 3 is 2.43 bits per heavy atom. The Morgan fingerprint density at radius 2 is 1.93 bits per heavy atom. The van der Waals surface area contributed by atoms with Gasteiger partial charge in [-0.1, -0.05) is 13.8 Å². The van der Waals surface area contributed by atoms with E-state index in [1.54, 1.807) is 0 Å². The van der Waals surface area contributed by atoms with Gasteiger partial charge in [-0.2, -0.15) is 11.8 Å². The predicted molar refractivity (Wildman–Crippen MR) is 64.9 cm³/mol. The van der Waals surface area contributed by atoms with Gasteiger partial charge in [0.15, 0.2) is 0 Å². The van der Waals surface area contributed by atoms with Gasteiger partial charge in [-0.25, -0.2) is 0 Å². The van der Waals surface area contributed by atoms with Crippen LogP contribution >= 0.6 is 11.8 Å². The fourth-order valence-corrected chi connectivity index (χ4v) is 3.71. The molecule has 0 aromatic rings. The summed E-state index contributed by atoms with van der Waals surface area (Å²) < 4.78 is 0. The summed E-state index contributed by atoms with van der Waals surface area (Å²) in [5, 5.41) is 3.77. The van der Waals surface area contributed by atoms with Crippen LogP contribution in [-0.2, 0) is 0 Å². The summed E-state index contributed by atoms with van der Waals surface area (Å²) in [4.78, 5) is 0. The van der Waals surface area contributed by atoms with E-state index in [4.69, 9.17) is 0 Å². The van der Waals surface area contributed by atoms with Crippen LogP contribution in [0.2, 0.25) is 0 Å². The molecule has 1 unspecified atom stereocenters. The van der Waals surface area contributed by atoms with Crippen molar-refractivity contribution in [2.24, 2.45) is 11.3 Å². The highest BCUT2D eigenvalue weighted by Gasteiger charge is 2.38. The molecule has 82 valence electrons. The van der Waals surface area contributed by atoms with Crippen LogP contribution in [0.25, 0.3) is 0 Å². The highest BCUT2D eigenvalue weighted by molar-refractivity contribution is 7.99. The molecule has 1 atom stereocenters. The molecule has 1 nitrogen and oxygen atoms in total. The van der Waals surface area contributed by atoms with Gasteiger partial charge in [0, 0.05) is 6.04 Å². The molecule has 0 bridgehead atoms. The molecule has 0 aromatic heterocycles. The minimum atomic E-state index is 0.573. The van der Waals surface area contributed by atoms with E-state index in [1.165, 1.54) is 43.7 Å². The molecule has 0 aromatic carbocycles. The maximum Gasteiger partial charge on any atom is 0.0119 e. The quantitative estimate of drug-likeness (QED) is 0.773. The van der Waals surface area contributed by atoms with Crippen LogP contribution in [0.5, 0.6) is 0 Å². The monoisotopic (exact) mass is 213 g/mol. The summed E-state index contributed by atoms with van der Waals surface area (Å²) in [6, 6.07) is 0.803. The Balaban J connectivity index is 1.66. The third-order valence-electron chi connectivity index (χ3n) is 4.01. The first-order chi connectivity index (χ1) is 6.68. The van der Waals surface area contributed by atoms with Gasteiger partial charge in [0.25, 0.3) is 0 Å². The van der Waals surface area contributed by atoms with E-state index in [0.717, 1.165) is 12.0 Å². The second-order valence-corrected chi connectivity index (χ2v) is 6.77. The molecule has 0 spiro atoms. The minimum Gasteiger partial charge on any atom is -0.313 e. The summed E-state index contributed by atoms with van der Waals surface area (Å²) in [7, 11) is 0. The number of hydrogen-bond acceptors (Lipinski definition) is 2. The van der Waals surface area contributed by atoms with E-state index in [0.29, 0.717) is 5.41 Å².